The SMILES string of the molecule is O=C(O)c1ccnc2c1CC(Cc1cc(Cl)c(Cl)c(Cl)c1)=C2. The average Bonchev–Trinajstić information content (AvgIpc) is 2.86. The van der Waals surface area contributed by atoms with Gasteiger partial charge in [0.2, 0.25) is 0 Å². The third-order valence-electron chi connectivity index (χ3n) is 3.54. The van der Waals surface area contributed by atoms with E-state index in [1.54, 1.807) is 12.1 Å². The highest BCUT2D eigenvalue weighted by atomic mass is 35.5. The second-order valence-electron chi connectivity index (χ2n) is 5.06. The molecule has 0 aliphatic heterocycles. The highest BCUT2D eigenvalue weighted by Gasteiger charge is 2.21. The number of nitrogens with zero attached hydrogens (tertiary/aromatic N) is 1. The molecule has 2 aromatic rings. The van der Waals surface area contributed by atoms with Crippen molar-refractivity contribution in [3.8, 4) is 0 Å². The molecule has 112 valence electrons. The number of benzene rings is 1. The van der Waals surface area contributed by atoms with Crippen LogP contribution in [0.5, 0.6) is 0 Å². The Balaban J connectivity index is 1.88. The van der Waals surface area contributed by atoms with E-state index < -0.39 is 5.97 Å². The lowest BCUT2D eigenvalue weighted by molar-refractivity contribution is 0.0695. The van der Waals surface area contributed by atoms with E-state index >= 15 is 0 Å². The van der Waals surface area contributed by atoms with Gasteiger partial charge in [0.25, 0.3) is 0 Å². The molecule has 0 radical (unpaired) electrons. The summed E-state index contributed by atoms with van der Waals surface area (Å²) < 4.78 is 0. The molecule has 1 aromatic carbocycles. The highest BCUT2D eigenvalue weighted by Crippen LogP contribution is 2.34. The number of carbonyl (C=O) groups is 1. The van der Waals surface area contributed by atoms with Crippen LogP contribution in [0.1, 0.15) is 27.2 Å². The number of fused-ring (bicyclic) bond motifs is 1. The first-order valence-corrected chi connectivity index (χ1v) is 7.63. The summed E-state index contributed by atoms with van der Waals surface area (Å²) in [5.41, 5.74) is 3.74. The van der Waals surface area contributed by atoms with Gasteiger partial charge in [0, 0.05) is 6.20 Å². The number of hydrogen-bond donors (Lipinski definition) is 1. The molecule has 3 rings (SSSR count). The zero-order valence-corrected chi connectivity index (χ0v) is 13.5. The Morgan fingerprint density at radius 3 is 2.55 bits per heavy atom. The molecule has 1 aliphatic carbocycles. The first kappa shape index (κ1) is 15.3. The Morgan fingerprint density at radius 2 is 1.91 bits per heavy atom. The van der Waals surface area contributed by atoms with Crippen molar-refractivity contribution in [2.75, 3.05) is 0 Å². The number of halogens is 3. The predicted molar refractivity (Wildman–Crippen MR) is 88.1 cm³/mol. The number of carboxylic acids is 1. The molecule has 0 spiro atoms. The molecule has 1 aromatic heterocycles. The van der Waals surface area contributed by atoms with Gasteiger partial charge in [0.1, 0.15) is 0 Å². The number of aromatic carboxylic acids is 1. The second kappa shape index (κ2) is 5.92. The Bertz CT molecular complexity index is 792. The molecular weight excluding hydrogens is 345 g/mol. The Labute approximate surface area is 142 Å². The lowest BCUT2D eigenvalue weighted by Gasteiger charge is -2.07. The van der Waals surface area contributed by atoms with Gasteiger partial charge < -0.3 is 5.11 Å². The van der Waals surface area contributed by atoms with Gasteiger partial charge in [0.15, 0.2) is 0 Å². The third kappa shape index (κ3) is 2.84. The Morgan fingerprint density at radius 1 is 1.23 bits per heavy atom. The summed E-state index contributed by atoms with van der Waals surface area (Å²) in [6.45, 7) is 0. The molecule has 1 N–H and O–H groups in total. The van der Waals surface area contributed by atoms with Crippen molar-refractivity contribution in [1.29, 1.82) is 0 Å². The molecule has 0 saturated carbocycles. The van der Waals surface area contributed by atoms with Crippen molar-refractivity contribution in [1.82, 2.24) is 4.98 Å². The maximum atomic E-state index is 11.3. The molecule has 0 amide bonds. The molecule has 22 heavy (non-hydrogen) atoms. The lowest BCUT2D eigenvalue weighted by Crippen LogP contribution is -2.03. The maximum Gasteiger partial charge on any atom is 0.336 e. The minimum absolute atomic E-state index is 0.295. The number of aromatic nitrogens is 1. The molecule has 0 unspecified atom stereocenters. The molecule has 3 nitrogen and oxygen atoms in total. The van der Waals surface area contributed by atoms with Gasteiger partial charge in [0.05, 0.1) is 26.3 Å². The van der Waals surface area contributed by atoms with Gasteiger partial charge in [-0.2, -0.15) is 0 Å². The molecule has 0 atom stereocenters. The van der Waals surface area contributed by atoms with Gasteiger partial charge in [-0.3, -0.25) is 4.98 Å². The molecular formula is C16H10Cl3NO2. The zero-order valence-electron chi connectivity index (χ0n) is 11.2. The van der Waals surface area contributed by atoms with Crippen LogP contribution in [0.2, 0.25) is 15.1 Å². The van der Waals surface area contributed by atoms with Crippen LogP contribution in [0.4, 0.5) is 0 Å². The van der Waals surface area contributed by atoms with Crippen molar-refractivity contribution in [3.05, 3.63) is 67.4 Å². The van der Waals surface area contributed by atoms with E-state index in [1.165, 1.54) is 12.3 Å². The summed E-state index contributed by atoms with van der Waals surface area (Å²) >= 11 is 18.0. The van der Waals surface area contributed by atoms with Crippen LogP contribution in [-0.2, 0) is 12.8 Å². The fraction of sp³-hybridized carbons (Fsp3) is 0.125. The first-order chi connectivity index (χ1) is 10.5. The molecule has 0 bridgehead atoms. The number of allylic oxidation sites excluding steroid dienone is 1. The Kier molecular flexibility index (Phi) is 4.13. The van der Waals surface area contributed by atoms with E-state index in [0.29, 0.717) is 39.2 Å². The van der Waals surface area contributed by atoms with Crippen LogP contribution in [0.25, 0.3) is 6.08 Å². The van der Waals surface area contributed by atoms with Crippen molar-refractivity contribution in [3.63, 3.8) is 0 Å². The van der Waals surface area contributed by atoms with Crippen LogP contribution < -0.4 is 0 Å². The predicted octanol–water partition coefficient (Wildman–Crippen LogP) is 4.92. The molecule has 0 fully saturated rings. The van der Waals surface area contributed by atoms with Crippen molar-refractivity contribution >= 4 is 46.8 Å². The quantitative estimate of drug-likeness (QED) is 0.796. The molecule has 6 heteroatoms. The topological polar surface area (TPSA) is 50.2 Å². The lowest BCUT2D eigenvalue weighted by atomic mass is 10.0. The van der Waals surface area contributed by atoms with Crippen molar-refractivity contribution in [2.24, 2.45) is 0 Å². The number of rotatable bonds is 3. The molecule has 0 saturated heterocycles. The van der Waals surface area contributed by atoms with Gasteiger partial charge in [-0.25, -0.2) is 4.79 Å². The van der Waals surface area contributed by atoms with E-state index in [-0.39, 0.29) is 0 Å². The normalized spacial score (nSPS) is 13.0. The summed E-state index contributed by atoms with van der Waals surface area (Å²) in [6.07, 6.45) is 4.60. The van der Waals surface area contributed by atoms with Crippen molar-refractivity contribution in [2.45, 2.75) is 12.8 Å². The maximum absolute atomic E-state index is 11.3. The van der Waals surface area contributed by atoms with Gasteiger partial charge in [-0.05, 0) is 48.2 Å². The highest BCUT2D eigenvalue weighted by molar-refractivity contribution is 6.48. The van der Waals surface area contributed by atoms with E-state index in [1.807, 2.05) is 6.08 Å². The number of pyridine rings is 1. The van der Waals surface area contributed by atoms with E-state index in [9.17, 15) is 9.90 Å². The first-order valence-electron chi connectivity index (χ1n) is 6.49. The van der Waals surface area contributed by atoms with E-state index in [2.05, 4.69) is 4.98 Å². The monoisotopic (exact) mass is 353 g/mol. The van der Waals surface area contributed by atoms with Crippen LogP contribution in [0, 0.1) is 0 Å². The fourth-order valence-electron chi connectivity index (χ4n) is 2.58. The minimum Gasteiger partial charge on any atom is -0.478 e. The standard InChI is InChI=1S/C16H10Cl3NO2/c17-12-5-9(6-13(18)15(12)19)3-8-4-11-10(16(21)22)1-2-20-14(11)7-8/h1-2,5-7H,3-4H2,(H,21,22). The zero-order chi connectivity index (χ0) is 15.9. The van der Waals surface area contributed by atoms with Gasteiger partial charge in [-0.1, -0.05) is 40.4 Å². The van der Waals surface area contributed by atoms with Crippen LogP contribution in [0.15, 0.2) is 30.0 Å². The van der Waals surface area contributed by atoms with E-state index in [4.69, 9.17) is 34.8 Å². The summed E-state index contributed by atoms with van der Waals surface area (Å²) in [5, 5.41) is 10.4. The van der Waals surface area contributed by atoms with Crippen LogP contribution in [0.3, 0.4) is 0 Å². The average molecular weight is 355 g/mol. The Hall–Kier alpha value is -1.55. The molecule has 1 heterocycles. The summed E-state index contributed by atoms with van der Waals surface area (Å²) in [7, 11) is 0. The summed E-state index contributed by atoms with van der Waals surface area (Å²) in [4.78, 5) is 15.5. The fourth-order valence-corrected chi connectivity index (χ4v) is 3.22. The number of carboxylic acid groups (broad SMARTS) is 1. The minimum atomic E-state index is -0.939. The largest absolute Gasteiger partial charge is 0.478 e. The third-order valence-corrected chi connectivity index (χ3v) is 4.74. The number of hydrogen-bond acceptors (Lipinski definition) is 2. The van der Waals surface area contributed by atoms with Gasteiger partial charge >= 0.3 is 5.97 Å². The van der Waals surface area contributed by atoms with Gasteiger partial charge in [-0.15, -0.1) is 0 Å². The van der Waals surface area contributed by atoms with Crippen LogP contribution >= 0.6 is 34.8 Å². The smallest absolute Gasteiger partial charge is 0.336 e. The van der Waals surface area contributed by atoms with E-state index in [0.717, 1.165) is 16.7 Å². The summed E-state index contributed by atoms with van der Waals surface area (Å²) in [5.74, 6) is -0.939. The van der Waals surface area contributed by atoms with Crippen LogP contribution in [-0.4, -0.2) is 16.1 Å². The van der Waals surface area contributed by atoms with Crippen molar-refractivity contribution < 1.29 is 9.90 Å². The summed E-state index contributed by atoms with van der Waals surface area (Å²) in [6, 6.07) is 5.06. The second-order valence-corrected chi connectivity index (χ2v) is 6.25. The molecule has 1 aliphatic rings.